The van der Waals surface area contributed by atoms with Crippen molar-refractivity contribution < 1.29 is 4.74 Å². The van der Waals surface area contributed by atoms with E-state index in [-0.39, 0.29) is 0 Å². The van der Waals surface area contributed by atoms with Gasteiger partial charge in [-0.05, 0) is 29.8 Å². The minimum Gasteiger partial charge on any atom is -0.487 e. The third-order valence-corrected chi connectivity index (χ3v) is 4.93. The van der Waals surface area contributed by atoms with E-state index >= 15 is 0 Å². The smallest absolute Gasteiger partial charge is 0.130 e. The maximum atomic E-state index is 5.83. The Hall–Kier alpha value is -2.70. The van der Waals surface area contributed by atoms with Crippen LogP contribution in [0.1, 0.15) is 23.1 Å². The molecule has 140 valence electrons. The van der Waals surface area contributed by atoms with Crippen molar-refractivity contribution in [3.8, 4) is 5.75 Å². The molecule has 6 heteroatoms. The molecular formula is C21H25N5O. The van der Waals surface area contributed by atoms with Crippen LogP contribution in [0, 0.1) is 0 Å². The highest BCUT2D eigenvalue weighted by Gasteiger charge is 2.26. The molecule has 1 saturated heterocycles. The van der Waals surface area contributed by atoms with Crippen molar-refractivity contribution in [2.45, 2.75) is 19.2 Å². The second kappa shape index (κ2) is 8.33. The zero-order valence-corrected chi connectivity index (χ0v) is 15.6. The average Bonchev–Trinajstić information content (AvgIpc) is 3.14. The van der Waals surface area contributed by atoms with Crippen LogP contribution in [0.2, 0.25) is 0 Å². The number of pyridine rings is 1. The number of benzene rings is 1. The molecule has 2 aromatic heterocycles. The van der Waals surface area contributed by atoms with Crippen molar-refractivity contribution in [3.63, 3.8) is 0 Å². The molecule has 1 atom stereocenters. The first-order valence-electron chi connectivity index (χ1n) is 9.33. The fourth-order valence-electron chi connectivity index (χ4n) is 3.45. The molecule has 1 aromatic carbocycles. The van der Waals surface area contributed by atoms with Crippen molar-refractivity contribution in [2.24, 2.45) is 7.05 Å². The van der Waals surface area contributed by atoms with E-state index in [2.05, 4.69) is 43.9 Å². The van der Waals surface area contributed by atoms with Crippen molar-refractivity contribution >= 4 is 0 Å². The number of hydrogen-bond acceptors (Lipinski definition) is 5. The third-order valence-electron chi connectivity index (χ3n) is 4.93. The maximum Gasteiger partial charge on any atom is 0.130 e. The molecule has 0 aliphatic carbocycles. The van der Waals surface area contributed by atoms with E-state index in [0.717, 1.165) is 43.4 Å². The monoisotopic (exact) mass is 363 g/mol. The first kappa shape index (κ1) is 17.7. The van der Waals surface area contributed by atoms with Gasteiger partial charge in [0.05, 0.1) is 11.7 Å². The lowest BCUT2D eigenvalue weighted by Crippen LogP contribution is -2.46. The van der Waals surface area contributed by atoms with Crippen molar-refractivity contribution in [1.82, 2.24) is 24.8 Å². The molecule has 1 fully saturated rings. The molecule has 1 aliphatic heterocycles. The lowest BCUT2D eigenvalue weighted by atomic mass is 10.1. The van der Waals surface area contributed by atoms with Gasteiger partial charge in [0.2, 0.25) is 0 Å². The molecular weight excluding hydrogens is 338 g/mol. The maximum absolute atomic E-state index is 5.83. The van der Waals surface area contributed by atoms with E-state index in [1.54, 1.807) is 6.20 Å². The first-order chi connectivity index (χ1) is 13.3. The molecule has 1 N–H and O–H groups in total. The topological polar surface area (TPSA) is 55.2 Å². The van der Waals surface area contributed by atoms with E-state index < -0.39 is 0 Å². The highest BCUT2D eigenvalue weighted by molar-refractivity contribution is 5.27. The molecule has 0 radical (unpaired) electrons. The van der Waals surface area contributed by atoms with Crippen LogP contribution in [0.25, 0.3) is 0 Å². The Balaban J connectivity index is 1.39. The zero-order chi connectivity index (χ0) is 18.5. The largest absolute Gasteiger partial charge is 0.487 e. The van der Waals surface area contributed by atoms with Gasteiger partial charge < -0.3 is 14.6 Å². The zero-order valence-electron chi connectivity index (χ0n) is 15.6. The van der Waals surface area contributed by atoms with Gasteiger partial charge in [0.1, 0.15) is 18.2 Å². The second-order valence-electron chi connectivity index (χ2n) is 6.84. The molecule has 3 aromatic rings. The third kappa shape index (κ3) is 4.35. The number of imidazole rings is 1. The number of nitrogens with one attached hydrogen (secondary N) is 1. The van der Waals surface area contributed by atoms with Gasteiger partial charge in [0.25, 0.3) is 0 Å². The van der Waals surface area contributed by atoms with Crippen LogP contribution in [-0.4, -0.2) is 39.1 Å². The van der Waals surface area contributed by atoms with Gasteiger partial charge in [-0.2, -0.15) is 0 Å². The van der Waals surface area contributed by atoms with E-state index in [1.165, 1.54) is 5.56 Å². The number of nitrogens with zero attached hydrogens (tertiary/aromatic N) is 4. The quantitative estimate of drug-likeness (QED) is 0.729. The van der Waals surface area contributed by atoms with Gasteiger partial charge in [0.15, 0.2) is 0 Å². The summed E-state index contributed by atoms with van der Waals surface area (Å²) in [5.74, 6) is 1.97. The first-order valence-corrected chi connectivity index (χ1v) is 9.33. The Morgan fingerprint density at radius 1 is 1.11 bits per heavy atom. The highest BCUT2D eigenvalue weighted by Crippen LogP contribution is 2.23. The molecule has 0 spiro atoms. The lowest BCUT2D eigenvalue weighted by molar-refractivity contribution is 0.144. The van der Waals surface area contributed by atoms with Crippen LogP contribution in [0.5, 0.6) is 5.75 Å². The number of aryl methyl sites for hydroxylation is 1. The predicted molar refractivity (Wildman–Crippen MR) is 104 cm³/mol. The molecule has 0 saturated carbocycles. The fraction of sp³-hybridized carbons (Fsp3) is 0.333. The highest BCUT2D eigenvalue weighted by atomic mass is 16.5. The summed E-state index contributed by atoms with van der Waals surface area (Å²) in [6.07, 6.45) is 5.67. The Morgan fingerprint density at radius 2 is 2.00 bits per heavy atom. The Bertz CT molecular complexity index is 847. The summed E-state index contributed by atoms with van der Waals surface area (Å²) in [7, 11) is 2.06. The minimum absolute atomic E-state index is 0.291. The lowest BCUT2D eigenvalue weighted by Gasteiger charge is -2.35. The van der Waals surface area contributed by atoms with Gasteiger partial charge >= 0.3 is 0 Å². The summed E-state index contributed by atoms with van der Waals surface area (Å²) in [4.78, 5) is 11.3. The van der Waals surface area contributed by atoms with Crippen LogP contribution in [0.4, 0.5) is 0 Å². The Labute approximate surface area is 159 Å². The normalized spacial score (nSPS) is 17.7. The van der Waals surface area contributed by atoms with Crippen molar-refractivity contribution in [2.75, 3.05) is 19.6 Å². The van der Waals surface area contributed by atoms with Crippen LogP contribution in [0.15, 0.2) is 61.1 Å². The molecule has 4 rings (SSSR count). The molecule has 1 unspecified atom stereocenters. The minimum atomic E-state index is 0.291. The van der Waals surface area contributed by atoms with E-state index in [4.69, 9.17) is 4.74 Å². The summed E-state index contributed by atoms with van der Waals surface area (Å²) in [5, 5.41) is 3.49. The number of piperazine rings is 1. The predicted octanol–water partition coefficient (Wildman–Crippen LogP) is 2.54. The van der Waals surface area contributed by atoms with E-state index in [1.807, 2.05) is 42.7 Å². The summed E-state index contributed by atoms with van der Waals surface area (Å²) >= 11 is 0. The fourth-order valence-corrected chi connectivity index (χ4v) is 3.45. The summed E-state index contributed by atoms with van der Waals surface area (Å²) in [6.45, 7) is 4.33. The summed E-state index contributed by atoms with van der Waals surface area (Å²) in [5.41, 5.74) is 2.21. The Morgan fingerprint density at radius 3 is 2.74 bits per heavy atom. The molecule has 0 bridgehead atoms. The van der Waals surface area contributed by atoms with Gasteiger partial charge in [-0.3, -0.25) is 9.88 Å². The molecule has 3 heterocycles. The van der Waals surface area contributed by atoms with E-state index in [0.29, 0.717) is 12.6 Å². The molecule has 1 aliphatic rings. The van der Waals surface area contributed by atoms with Gasteiger partial charge in [-0.15, -0.1) is 0 Å². The summed E-state index contributed by atoms with van der Waals surface area (Å²) < 4.78 is 7.94. The van der Waals surface area contributed by atoms with Crippen LogP contribution in [0.3, 0.4) is 0 Å². The average molecular weight is 363 g/mol. The number of ether oxygens (including phenoxy) is 1. The van der Waals surface area contributed by atoms with Crippen molar-refractivity contribution in [1.29, 1.82) is 0 Å². The molecule has 6 nitrogen and oxygen atoms in total. The van der Waals surface area contributed by atoms with E-state index in [9.17, 15) is 0 Å². The van der Waals surface area contributed by atoms with Crippen LogP contribution < -0.4 is 10.1 Å². The standard InChI is InChI=1S/C21H25N5O/c1-25-12-11-24-21(25)20-14-22-10-13-26(20)15-17-5-7-19(8-6-17)27-16-18-4-2-3-9-23-18/h2-9,11-12,20,22H,10,13-16H2,1H3. The molecule has 0 amide bonds. The second-order valence-corrected chi connectivity index (χ2v) is 6.84. The molecule has 27 heavy (non-hydrogen) atoms. The van der Waals surface area contributed by atoms with Gasteiger partial charge in [-0.1, -0.05) is 18.2 Å². The SMILES string of the molecule is Cn1ccnc1C1CNCCN1Cc1ccc(OCc2ccccn2)cc1. The number of hydrogen-bond donors (Lipinski definition) is 1. The number of aromatic nitrogens is 3. The number of rotatable bonds is 6. The van der Waals surface area contributed by atoms with Crippen LogP contribution in [-0.2, 0) is 20.2 Å². The van der Waals surface area contributed by atoms with Gasteiger partial charge in [0, 0.05) is 51.8 Å². The van der Waals surface area contributed by atoms with Crippen molar-refractivity contribution in [3.05, 3.63) is 78.1 Å². The summed E-state index contributed by atoms with van der Waals surface area (Å²) in [6, 6.07) is 14.5. The Kier molecular flexibility index (Phi) is 5.46. The van der Waals surface area contributed by atoms with Crippen LogP contribution >= 0.6 is 0 Å². The van der Waals surface area contributed by atoms with Gasteiger partial charge in [-0.25, -0.2) is 4.98 Å².